The third-order valence-corrected chi connectivity index (χ3v) is 6.28. The van der Waals surface area contributed by atoms with Gasteiger partial charge in [0.2, 0.25) is 15.9 Å². The van der Waals surface area contributed by atoms with Crippen molar-refractivity contribution in [1.82, 2.24) is 19.6 Å². The molecule has 1 amide bonds. The number of amides is 1. The summed E-state index contributed by atoms with van der Waals surface area (Å²) in [5, 5.41) is -0.0213. The second-order valence-electron chi connectivity index (χ2n) is 5.58. The Bertz CT molecular complexity index is 891. The predicted octanol–water partition coefficient (Wildman–Crippen LogP) is 1.99. The molecular weight excluding hydrogens is 387 g/mol. The van der Waals surface area contributed by atoms with Crippen LogP contribution in [-0.4, -0.2) is 35.2 Å². The highest BCUT2D eigenvalue weighted by Crippen LogP contribution is 2.29. The van der Waals surface area contributed by atoms with Crippen LogP contribution in [0.5, 0.6) is 0 Å². The predicted molar refractivity (Wildman–Crippen MR) is 92.5 cm³/mol. The Kier molecular flexibility index (Phi) is 4.97. The molecule has 25 heavy (non-hydrogen) atoms. The van der Waals surface area contributed by atoms with Gasteiger partial charge in [-0.25, -0.2) is 18.4 Å². The molecule has 1 aliphatic rings. The van der Waals surface area contributed by atoms with Crippen molar-refractivity contribution in [3.05, 3.63) is 52.0 Å². The molecule has 1 N–H and O–H groups in total. The van der Waals surface area contributed by atoms with Gasteiger partial charge in [-0.05, 0) is 19.1 Å². The lowest BCUT2D eigenvalue weighted by atomic mass is 10.3. The summed E-state index contributed by atoms with van der Waals surface area (Å²) in [6, 6.07) is 3.40. The number of hydrogen-bond acceptors (Lipinski definition) is 5. The van der Waals surface area contributed by atoms with Crippen molar-refractivity contribution in [1.29, 1.82) is 0 Å². The average Bonchev–Trinajstić information content (AvgIpc) is 2.97. The molecule has 3 rings (SSSR count). The Balaban J connectivity index is 1.76. The third-order valence-electron chi connectivity index (χ3n) is 3.78. The average molecular weight is 401 g/mol. The highest BCUT2D eigenvalue weighted by atomic mass is 35.5. The molecule has 0 saturated heterocycles. The van der Waals surface area contributed by atoms with Gasteiger partial charge in [-0.15, -0.1) is 0 Å². The minimum atomic E-state index is -4.05. The van der Waals surface area contributed by atoms with E-state index >= 15 is 0 Å². The fraction of sp³-hybridized carbons (Fsp3) is 0.267. The fourth-order valence-corrected chi connectivity index (χ4v) is 4.95. The Morgan fingerprint density at radius 2 is 1.96 bits per heavy atom. The van der Waals surface area contributed by atoms with E-state index in [1.165, 1.54) is 30.3 Å². The van der Waals surface area contributed by atoms with Gasteiger partial charge in [0.15, 0.2) is 0 Å². The molecule has 132 valence electrons. The standard InChI is InChI=1S/C15H14Cl2N4O3S/c1-9(15(22)21-6-10-5-18-8-19-13(10)7-21)20-25(23,24)14-11(16)3-2-4-12(14)17/h2-5,8-9,20H,6-7H2,1H3. The molecule has 1 aromatic carbocycles. The molecule has 0 fully saturated rings. The molecule has 1 aliphatic heterocycles. The second-order valence-corrected chi connectivity index (χ2v) is 8.05. The number of nitrogens with zero attached hydrogens (tertiary/aromatic N) is 3. The van der Waals surface area contributed by atoms with Crippen LogP contribution in [0.1, 0.15) is 18.2 Å². The summed E-state index contributed by atoms with van der Waals surface area (Å²) >= 11 is 11.9. The normalized spacial score (nSPS) is 15.1. The van der Waals surface area contributed by atoms with Gasteiger partial charge < -0.3 is 4.90 Å². The maximum absolute atomic E-state index is 12.6. The molecule has 0 radical (unpaired) electrons. The molecule has 1 atom stereocenters. The van der Waals surface area contributed by atoms with Crippen molar-refractivity contribution in [2.75, 3.05) is 0 Å². The molecule has 7 nitrogen and oxygen atoms in total. The van der Waals surface area contributed by atoms with Gasteiger partial charge in [0.25, 0.3) is 0 Å². The van der Waals surface area contributed by atoms with Crippen molar-refractivity contribution in [2.24, 2.45) is 0 Å². The molecule has 10 heteroatoms. The number of fused-ring (bicyclic) bond motifs is 1. The summed E-state index contributed by atoms with van der Waals surface area (Å²) < 4.78 is 27.4. The number of aromatic nitrogens is 2. The van der Waals surface area contributed by atoms with Crippen molar-refractivity contribution in [2.45, 2.75) is 31.0 Å². The van der Waals surface area contributed by atoms with Gasteiger partial charge >= 0.3 is 0 Å². The molecule has 0 aliphatic carbocycles. The van der Waals surface area contributed by atoms with Crippen molar-refractivity contribution in [3.63, 3.8) is 0 Å². The smallest absolute Gasteiger partial charge is 0.244 e. The van der Waals surface area contributed by atoms with Crippen LogP contribution in [0.25, 0.3) is 0 Å². The number of benzene rings is 1. The summed E-state index contributed by atoms with van der Waals surface area (Å²) in [7, 11) is -4.05. The highest BCUT2D eigenvalue weighted by molar-refractivity contribution is 7.89. The number of carbonyl (C=O) groups excluding carboxylic acids is 1. The summed E-state index contributed by atoms with van der Waals surface area (Å²) in [5.41, 5.74) is 1.60. The monoisotopic (exact) mass is 400 g/mol. The van der Waals surface area contributed by atoms with E-state index in [0.717, 1.165) is 11.3 Å². The van der Waals surface area contributed by atoms with Gasteiger partial charge in [-0.2, -0.15) is 4.72 Å². The Hall–Kier alpha value is -1.74. The first kappa shape index (κ1) is 18.1. The minimum Gasteiger partial charge on any atom is -0.331 e. The quantitative estimate of drug-likeness (QED) is 0.846. The number of halogens is 2. The van der Waals surface area contributed by atoms with Gasteiger partial charge in [-0.3, -0.25) is 4.79 Å². The SMILES string of the molecule is CC(NS(=O)(=O)c1c(Cl)cccc1Cl)C(=O)N1Cc2cncnc2C1. The lowest BCUT2D eigenvalue weighted by Crippen LogP contribution is -2.45. The first-order chi connectivity index (χ1) is 11.8. The van der Waals surface area contributed by atoms with Crippen LogP contribution in [0, 0.1) is 0 Å². The van der Waals surface area contributed by atoms with Gasteiger partial charge in [0.05, 0.1) is 28.3 Å². The third kappa shape index (κ3) is 3.62. The lowest BCUT2D eigenvalue weighted by Gasteiger charge is -2.21. The Morgan fingerprint density at radius 3 is 2.60 bits per heavy atom. The van der Waals surface area contributed by atoms with Crippen LogP contribution < -0.4 is 4.72 Å². The molecule has 1 unspecified atom stereocenters. The van der Waals surface area contributed by atoms with E-state index < -0.39 is 16.1 Å². The zero-order valence-corrected chi connectivity index (χ0v) is 15.4. The molecule has 0 bridgehead atoms. The minimum absolute atomic E-state index is 0.0106. The molecular formula is C15H14Cl2N4O3S. The zero-order chi connectivity index (χ0) is 18.2. The summed E-state index contributed by atoms with van der Waals surface area (Å²) in [4.78, 5) is 21.9. The van der Waals surface area contributed by atoms with E-state index in [0.29, 0.717) is 13.1 Å². The molecule has 2 aromatic rings. The number of hydrogen-bond donors (Lipinski definition) is 1. The molecule has 2 heterocycles. The van der Waals surface area contributed by atoms with E-state index in [9.17, 15) is 13.2 Å². The molecule has 0 saturated carbocycles. The van der Waals surface area contributed by atoms with E-state index in [2.05, 4.69) is 14.7 Å². The van der Waals surface area contributed by atoms with Crippen LogP contribution in [0.4, 0.5) is 0 Å². The van der Waals surface area contributed by atoms with Crippen LogP contribution in [0.3, 0.4) is 0 Å². The van der Waals surface area contributed by atoms with Gasteiger partial charge in [-0.1, -0.05) is 29.3 Å². The van der Waals surface area contributed by atoms with E-state index in [-0.39, 0.29) is 20.8 Å². The van der Waals surface area contributed by atoms with Crippen LogP contribution in [0.15, 0.2) is 35.6 Å². The molecule has 1 aromatic heterocycles. The molecule has 0 spiro atoms. The summed E-state index contributed by atoms with van der Waals surface area (Å²) in [6.45, 7) is 2.13. The number of sulfonamides is 1. The van der Waals surface area contributed by atoms with E-state index in [1.54, 1.807) is 12.3 Å². The van der Waals surface area contributed by atoms with Crippen molar-refractivity contribution >= 4 is 39.1 Å². The van der Waals surface area contributed by atoms with Crippen molar-refractivity contribution < 1.29 is 13.2 Å². The largest absolute Gasteiger partial charge is 0.331 e. The second kappa shape index (κ2) is 6.87. The topological polar surface area (TPSA) is 92.3 Å². The first-order valence-electron chi connectivity index (χ1n) is 7.32. The number of nitrogens with one attached hydrogen (secondary N) is 1. The van der Waals surface area contributed by atoms with Crippen LogP contribution >= 0.6 is 23.2 Å². The van der Waals surface area contributed by atoms with Crippen LogP contribution in [0.2, 0.25) is 10.0 Å². The number of rotatable bonds is 4. The van der Waals surface area contributed by atoms with E-state index in [1.807, 2.05) is 0 Å². The van der Waals surface area contributed by atoms with E-state index in [4.69, 9.17) is 23.2 Å². The van der Waals surface area contributed by atoms with Gasteiger partial charge in [0.1, 0.15) is 11.2 Å². The lowest BCUT2D eigenvalue weighted by molar-refractivity contribution is -0.133. The summed E-state index contributed by atoms with van der Waals surface area (Å²) in [6.07, 6.45) is 3.06. The van der Waals surface area contributed by atoms with Crippen molar-refractivity contribution in [3.8, 4) is 0 Å². The Labute approximate surface area is 155 Å². The zero-order valence-electron chi connectivity index (χ0n) is 13.1. The van der Waals surface area contributed by atoms with Gasteiger partial charge in [0, 0.05) is 18.3 Å². The summed E-state index contributed by atoms with van der Waals surface area (Å²) in [5.74, 6) is -0.371. The van der Waals surface area contributed by atoms with Crippen LogP contribution in [-0.2, 0) is 27.9 Å². The maximum Gasteiger partial charge on any atom is 0.244 e. The highest BCUT2D eigenvalue weighted by Gasteiger charge is 2.31. The Morgan fingerprint density at radius 1 is 1.28 bits per heavy atom. The fourth-order valence-electron chi connectivity index (χ4n) is 2.61. The maximum atomic E-state index is 12.6. The first-order valence-corrected chi connectivity index (χ1v) is 9.56. The number of carbonyl (C=O) groups is 1.